The zero-order valence-electron chi connectivity index (χ0n) is 26.5. The Morgan fingerprint density at radius 1 is 0.837 bits per heavy atom. The van der Waals surface area contributed by atoms with Crippen LogP contribution in [0.3, 0.4) is 0 Å². The number of H-pyrrole nitrogens is 2. The fourth-order valence-electron chi connectivity index (χ4n) is 6.13. The van der Waals surface area contributed by atoms with Crippen LogP contribution >= 0.6 is 0 Å². The van der Waals surface area contributed by atoms with Gasteiger partial charge in [-0.05, 0) is 51.8 Å². The standard InChI is InChI=1S/C36H47N5O2/c1-35(2,3)19-31-37-20-29(39-31)25-15-11-23(12-16-25)24-13-17-26(18-14-24)30-21-38-33(40-30)32(36(4,5)6)41-34(43)28-10-8-7-9-27(28)22-42/h11-18,20-21,27-28,32,42H,7-10,19,22H2,1-6H3,(H,37,39)(H,38,40)(H,41,43). The molecule has 2 aromatic heterocycles. The van der Waals surface area contributed by atoms with Crippen LogP contribution in [0.15, 0.2) is 60.9 Å². The molecule has 4 N–H and O–H groups in total. The SMILES string of the molecule is CC(C)(C)Cc1ncc(-c2ccc(-c3ccc(-c4cnc(C(NC(=O)C5CCCCC5CO)C(C)(C)C)[nH]4)cc3)cc2)[nH]1. The van der Waals surface area contributed by atoms with E-state index in [0.29, 0.717) is 0 Å². The Morgan fingerprint density at radius 3 is 1.93 bits per heavy atom. The molecule has 0 bridgehead atoms. The Balaban J connectivity index is 1.28. The van der Waals surface area contributed by atoms with Crippen molar-refractivity contribution in [2.24, 2.45) is 22.7 Å². The minimum Gasteiger partial charge on any atom is -0.396 e. The van der Waals surface area contributed by atoms with Crippen molar-refractivity contribution in [3.05, 3.63) is 72.6 Å². The number of aliphatic hydroxyl groups excluding tert-OH is 1. The predicted octanol–water partition coefficient (Wildman–Crippen LogP) is 7.72. The normalized spacial score (nSPS) is 18.4. The van der Waals surface area contributed by atoms with Gasteiger partial charge in [0.25, 0.3) is 0 Å². The molecule has 1 fully saturated rings. The highest BCUT2D eigenvalue weighted by Gasteiger charge is 2.36. The van der Waals surface area contributed by atoms with Gasteiger partial charge in [0.15, 0.2) is 0 Å². The molecule has 1 saturated carbocycles. The number of aromatic amines is 2. The molecule has 2 aromatic carbocycles. The summed E-state index contributed by atoms with van der Waals surface area (Å²) in [6.07, 6.45) is 8.51. The molecule has 3 unspecified atom stereocenters. The highest BCUT2D eigenvalue weighted by molar-refractivity contribution is 5.79. The number of imidazole rings is 2. The molecule has 1 amide bonds. The number of carbonyl (C=O) groups is 1. The van der Waals surface area contributed by atoms with E-state index in [4.69, 9.17) is 4.98 Å². The molecule has 0 radical (unpaired) electrons. The first kappa shape index (κ1) is 30.7. The van der Waals surface area contributed by atoms with Gasteiger partial charge in [-0.2, -0.15) is 0 Å². The number of hydrogen-bond donors (Lipinski definition) is 4. The van der Waals surface area contributed by atoms with E-state index in [1.807, 2.05) is 12.4 Å². The fourth-order valence-corrected chi connectivity index (χ4v) is 6.13. The zero-order valence-corrected chi connectivity index (χ0v) is 26.5. The maximum Gasteiger partial charge on any atom is 0.224 e. The Bertz CT molecular complexity index is 1500. The molecule has 0 saturated heterocycles. The molecule has 0 aliphatic heterocycles. The van der Waals surface area contributed by atoms with Crippen molar-refractivity contribution in [3.63, 3.8) is 0 Å². The van der Waals surface area contributed by atoms with Crippen LogP contribution in [0.4, 0.5) is 0 Å². The van der Waals surface area contributed by atoms with Crippen molar-refractivity contribution in [1.29, 1.82) is 0 Å². The van der Waals surface area contributed by atoms with Crippen LogP contribution < -0.4 is 5.32 Å². The number of carbonyl (C=O) groups excluding carboxylic acids is 1. The van der Waals surface area contributed by atoms with Gasteiger partial charge in [0.1, 0.15) is 11.6 Å². The van der Waals surface area contributed by atoms with E-state index >= 15 is 0 Å². The third-order valence-corrected chi connectivity index (χ3v) is 8.55. The average molecular weight is 582 g/mol. The summed E-state index contributed by atoms with van der Waals surface area (Å²) in [5.74, 6) is 1.67. The van der Waals surface area contributed by atoms with E-state index in [0.717, 1.165) is 77.4 Å². The van der Waals surface area contributed by atoms with Crippen LogP contribution in [-0.4, -0.2) is 37.6 Å². The number of nitrogens with one attached hydrogen (secondary N) is 3. The molecule has 2 heterocycles. The summed E-state index contributed by atoms with van der Waals surface area (Å²) in [4.78, 5) is 29.6. The lowest BCUT2D eigenvalue weighted by Gasteiger charge is -2.34. The Morgan fingerprint density at radius 2 is 1.37 bits per heavy atom. The van der Waals surface area contributed by atoms with E-state index < -0.39 is 0 Å². The monoisotopic (exact) mass is 581 g/mol. The summed E-state index contributed by atoms with van der Waals surface area (Å²) < 4.78 is 0. The maximum atomic E-state index is 13.3. The van der Waals surface area contributed by atoms with Gasteiger partial charge < -0.3 is 20.4 Å². The first-order valence-corrected chi connectivity index (χ1v) is 15.6. The molecule has 228 valence electrons. The van der Waals surface area contributed by atoms with Gasteiger partial charge in [-0.25, -0.2) is 9.97 Å². The van der Waals surface area contributed by atoms with E-state index in [1.165, 1.54) is 0 Å². The number of aliphatic hydroxyl groups is 1. The number of nitrogens with zero attached hydrogens (tertiary/aromatic N) is 2. The van der Waals surface area contributed by atoms with E-state index in [2.05, 4.69) is 110 Å². The topological polar surface area (TPSA) is 107 Å². The minimum absolute atomic E-state index is 0.0184. The molecule has 3 atom stereocenters. The second-order valence-corrected chi connectivity index (χ2v) is 14.5. The summed E-state index contributed by atoms with van der Waals surface area (Å²) in [6, 6.07) is 16.8. The van der Waals surface area contributed by atoms with Crippen LogP contribution in [0.1, 0.15) is 84.9 Å². The summed E-state index contributed by atoms with van der Waals surface area (Å²) in [7, 11) is 0. The van der Waals surface area contributed by atoms with Gasteiger partial charge in [0, 0.05) is 18.9 Å². The molecular weight excluding hydrogens is 534 g/mol. The van der Waals surface area contributed by atoms with Crippen molar-refractivity contribution in [1.82, 2.24) is 25.3 Å². The molecule has 4 aromatic rings. The second kappa shape index (κ2) is 12.5. The van der Waals surface area contributed by atoms with Crippen molar-refractivity contribution >= 4 is 5.91 Å². The van der Waals surface area contributed by atoms with Crippen LogP contribution in [0.2, 0.25) is 0 Å². The number of benzene rings is 2. The van der Waals surface area contributed by atoms with Gasteiger partial charge in [-0.1, -0.05) is 103 Å². The number of hydrogen-bond acceptors (Lipinski definition) is 4. The van der Waals surface area contributed by atoms with Gasteiger partial charge >= 0.3 is 0 Å². The van der Waals surface area contributed by atoms with E-state index in [9.17, 15) is 9.90 Å². The lowest BCUT2D eigenvalue weighted by atomic mass is 9.78. The maximum absolute atomic E-state index is 13.3. The third-order valence-electron chi connectivity index (χ3n) is 8.55. The molecule has 1 aliphatic carbocycles. The first-order valence-electron chi connectivity index (χ1n) is 15.6. The van der Waals surface area contributed by atoms with Crippen LogP contribution in [0.5, 0.6) is 0 Å². The lowest BCUT2D eigenvalue weighted by Crippen LogP contribution is -2.43. The molecule has 1 aliphatic rings. The molecule has 7 heteroatoms. The lowest BCUT2D eigenvalue weighted by molar-refractivity contribution is -0.130. The highest BCUT2D eigenvalue weighted by atomic mass is 16.3. The number of amides is 1. The first-order chi connectivity index (χ1) is 20.4. The van der Waals surface area contributed by atoms with Crippen LogP contribution in [0, 0.1) is 22.7 Å². The fraction of sp³-hybridized carbons (Fsp3) is 0.472. The van der Waals surface area contributed by atoms with Crippen molar-refractivity contribution in [3.8, 4) is 33.6 Å². The zero-order chi connectivity index (χ0) is 30.8. The van der Waals surface area contributed by atoms with Gasteiger partial charge in [-0.15, -0.1) is 0 Å². The van der Waals surface area contributed by atoms with E-state index in [1.54, 1.807) is 0 Å². The minimum atomic E-state index is -0.271. The molecule has 7 nitrogen and oxygen atoms in total. The van der Waals surface area contributed by atoms with Crippen LogP contribution in [-0.2, 0) is 11.2 Å². The third kappa shape index (κ3) is 7.45. The second-order valence-electron chi connectivity index (χ2n) is 14.5. The Labute approximate surface area is 256 Å². The summed E-state index contributed by atoms with van der Waals surface area (Å²) >= 11 is 0. The smallest absolute Gasteiger partial charge is 0.224 e. The average Bonchev–Trinajstić information content (AvgIpc) is 3.65. The Hall–Kier alpha value is -3.71. The van der Waals surface area contributed by atoms with E-state index in [-0.39, 0.29) is 41.2 Å². The van der Waals surface area contributed by atoms with Crippen molar-refractivity contribution < 1.29 is 9.90 Å². The number of rotatable bonds is 8. The highest BCUT2D eigenvalue weighted by Crippen LogP contribution is 2.36. The predicted molar refractivity (Wildman–Crippen MR) is 173 cm³/mol. The summed E-state index contributed by atoms with van der Waals surface area (Å²) in [5, 5.41) is 13.1. The molecule has 5 rings (SSSR count). The summed E-state index contributed by atoms with van der Waals surface area (Å²) in [6.45, 7) is 13.1. The van der Waals surface area contributed by atoms with Gasteiger partial charge in [0.05, 0.1) is 29.8 Å². The Kier molecular flexibility index (Phi) is 8.93. The summed E-state index contributed by atoms with van der Waals surface area (Å²) in [5.41, 5.74) is 6.34. The molecular formula is C36H47N5O2. The van der Waals surface area contributed by atoms with Crippen LogP contribution in [0.25, 0.3) is 33.6 Å². The van der Waals surface area contributed by atoms with Crippen molar-refractivity contribution in [2.45, 2.75) is 79.7 Å². The molecule has 43 heavy (non-hydrogen) atoms. The quantitative estimate of drug-likeness (QED) is 0.171. The number of aromatic nitrogens is 4. The van der Waals surface area contributed by atoms with Gasteiger partial charge in [0.2, 0.25) is 5.91 Å². The largest absolute Gasteiger partial charge is 0.396 e. The van der Waals surface area contributed by atoms with Crippen molar-refractivity contribution in [2.75, 3.05) is 6.61 Å². The van der Waals surface area contributed by atoms with Gasteiger partial charge in [-0.3, -0.25) is 4.79 Å². The molecule has 0 spiro atoms.